The lowest BCUT2D eigenvalue weighted by Crippen LogP contribution is -2.03. The van der Waals surface area contributed by atoms with E-state index in [4.69, 9.17) is 11.5 Å². The molecule has 2 aromatic rings. The topological polar surface area (TPSA) is 64.9 Å². The van der Waals surface area contributed by atoms with Gasteiger partial charge in [-0.1, -0.05) is 36.4 Å². The number of pyridine rings is 1. The Morgan fingerprint density at radius 3 is 2.06 bits per heavy atom. The van der Waals surface area contributed by atoms with Crippen molar-refractivity contribution in [3.8, 4) is 0 Å². The summed E-state index contributed by atoms with van der Waals surface area (Å²) < 4.78 is 0. The fourth-order valence-electron chi connectivity index (χ4n) is 1.31. The van der Waals surface area contributed by atoms with E-state index in [0.29, 0.717) is 13.1 Å². The van der Waals surface area contributed by atoms with Crippen LogP contribution in [0.25, 0.3) is 0 Å². The van der Waals surface area contributed by atoms with Gasteiger partial charge in [0.2, 0.25) is 0 Å². The zero-order valence-corrected chi connectivity index (χ0v) is 9.92. The van der Waals surface area contributed by atoms with E-state index in [1.54, 1.807) is 6.20 Å². The van der Waals surface area contributed by atoms with Crippen LogP contribution in [-0.2, 0) is 13.0 Å². The molecule has 0 saturated heterocycles. The SMILES string of the molecule is NCCc1ccccn1.NCc1ccccc1. The van der Waals surface area contributed by atoms with Gasteiger partial charge < -0.3 is 11.5 Å². The normalized spacial score (nSPS) is 9.29. The highest BCUT2D eigenvalue weighted by atomic mass is 14.7. The predicted molar refractivity (Wildman–Crippen MR) is 71.3 cm³/mol. The average molecular weight is 229 g/mol. The van der Waals surface area contributed by atoms with E-state index in [1.165, 1.54) is 5.56 Å². The monoisotopic (exact) mass is 229 g/mol. The van der Waals surface area contributed by atoms with Gasteiger partial charge in [0.05, 0.1) is 0 Å². The highest BCUT2D eigenvalue weighted by molar-refractivity contribution is 5.13. The second kappa shape index (κ2) is 8.44. The molecule has 0 aliphatic rings. The standard InChI is InChI=1S/C7H10N2.C7H9N/c8-5-4-7-3-1-2-6-9-7;8-6-7-4-2-1-3-5-7/h1-3,6H,4-5,8H2;1-5H,6,8H2. The van der Waals surface area contributed by atoms with Gasteiger partial charge in [0.25, 0.3) is 0 Å². The van der Waals surface area contributed by atoms with Crippen LogP contribution in [0.4, 0.5) is 0 Å². The van der Waals surface area contributed by atoms with E-state index >= 15 is 0 Å². The van der Waals surface area contributed by atoms with E-state index in [-0.39, 0.29) is 0 Å². The Hall–Kier alpha value is -1.71. The molecule has 0 spiro atoms. The summed E-state index contributed by atoms with van der Waals surface area (Å²) in [5, 5.41) is 0. The molecular weight excluding hydrogens is 210 g/mol. The first kappa shape index (κ1) is 13.4. The third kappa shape index (κ3) is 5.80. The molecule has 0 unspecified atom stereocenters. The van der Waals surface area contributed by atoms with Crippen molar-refractivity contribution in [2.24, 2.45) is 11.5 Å². The molecule has 1 aromatic heterocycles. The molecular formula is C14H19N3. The summed E-state index contributed by atoms with van der Waals surface area (Å²) in [6.45, 7) is 1.32. The Bertz CT molecular complexity index is 387. The molecule has 3 nitrogen and oxygen atoms in total. The summed E-state index contributed by atoms with van der Waals surface area (Å²) >= 11 is 0. The van der Waals surface area contributed by atoms with Crippen LogP contribution in [-0.4, -0.2) is 11.5 Å². The lowest BCUT2D eigenvalue weighted by Gasteiger charge is -1.92. The molecule has 4 N–H and O–H groups in total. The fourth-order valence-corrected chi connectivity index (χ4v) is 1.31. The van der Waals surface area contributed by atoms with E-state index in [1.807, 2.05) is 48.5 Å². The van der Waals surface area contributed by atoms with Gasteiger partial charge >= 0.3 is 0 Å². The molecule has 0 aliphatic carbocycles. The molecule has 0 bridgehead atoms. The second-order valence-corrected chi connectivity index (χ2v) is 3.55. The summed E-state index contributed by atoms with van der Waals surface area (Å²) in [5.74, 6) is 0. The van der Waals surface area contributed by atoms with Crippen molar-refractivity contribution >= 4 is 0 Å². The summed E-state index contributed by atoms with van der Waals surface area (Å²) in [5.41, 5.74) is 12.9. The molecule has 0 amide bonds. The third-order valence-corrected chi connectivity index (χ3v) is 2.21. The Balaban J connectivity index is 0.000000171. The predicted octanol–water partition coefficient (Wildman–Crippen LogP) is 1.73. The van der Waals surface area contributed by atoms with Gasteiger partial charge in [-0.15, -0.1) is 0 Å². The number of hydrogen-bond donors (Lipinski definition) is 2. The minimum absolute atomic E-state index is 0.640. The first-order valence-corrected chi connectivity index (χ1v) is 5.70. The highest BCUT2D eigenvalue weighted by Gasteiger charge is 1.86. The molecule has 0 radical (unpaired) electrons. The highest BCUT2D eigenvalue weighted by Crippen LogP contribution is 1.94. The van der Waals surface area contributed by atoms with Crippen molar-refractivity contribution in [1.29, 1.82) is 0 Å². The molecule has 90 valence electrons. The molecule has 2 rings (SSSR count). The number of rotatable bonds is 3. The van der Waals surface area contributed by atoms with Crippen LogP contribution in [0.2, 0.25) is 0 Å². The lowest BCUT2D eigenvalue weighted by atomic mass is 10.2. The maximum atomic E-state index is 5.35. The van der Waals surface area contributed by atoms with Crippen molar-refractivity contribution in [3.05, 3.63) is 66.0 Å². The first-order chi connectivity index (χ1) is 8.36. The van der Waals surface area contributed by atoms with Gasteiger partial charge in [-0.2, -0.15) is 0 Å². The lowest BCUT2D eigenvalue weighted by molar-refractivity contribution is 0.923. The number of aromatic nitrogens is 1. The Kier molecular flexibility index (Phi) is 6.63. The number of benzene rings is 1. The van der Waals surface area contributed by atoms with Crippen molar-refractivity contribution in [3.63, 3.8) is 0 Å². The first-order valence-electron chi connectivity index (χ1n) is 5.70. The van der Waals surface area contributed by atoms with Gasteiger partial charge in [-0.3, -0.25) is 4.98 Å². The van der Waals surface area contributed by atoms with E-state index in [2.05, 4.69) is 4.98 Å². The molecule has 17 heavy (non-hydrogen) atoms. The van der Waals surface area contributed by atoms with E-state index in [0.717, 1.165) is 12.1 Å². The van der Waals surface area contributed by atoms with Crippen LogP contribution in [0.5, 0.6) is 0 Å². The van der Waals surface area contributed by atoms with Crippen LogP contribution in [0.1, 0.15) is 11.3 Å². The molecule has 0 atom stereocenters. The zero-order valence-electron chi connectivity index (χ0n) is 9.92. The average Bonchev–Trinajstić information content (AvgIpc) is 2.42. The molecule has 0 aliphatic heterocycles. The largest absolute Gasteiger partial charge is 0.330 e. The zero-order chi connectivity index (χ0) is 12.3. The van der Waals surface area contributed by atoms with Gasteiger partial charge in [0.1, 0.15) is 0 Å². The molecule has 0 fully saturated rings. The van der Waals surface area contributed by atoms with Crippen LogP contribution in [0.15, 0.2) is 54.7 Å². The molecule has 3 heteroatoms. The third-order valence-electron chi connectivity index (χ3n) is 2.21. The quantitative estimate of drug-likeness (QED) is 0.842. The van der Waals surface area contributed by atoms with Crippen LogP contribution >= 0.6 is 0 Å². The number of nitrogens with two attached hydrogens (primary N) is 2. The summed E-state index contributed by atoms with van der Waals surface area (Å²) in [7, 11) is 0. The maximum Gasteiger partial charge on any atom is 0.0416 e. The summed E-state index contributed by atoms with van der Waals surface area (Å²) in [6, 6.07) is 15.8. The molecule has 0 saturated carbocycles. The van der Waals surface area contributed by atoms with Gasteiger partial charge in [-0.25, -0.2) is 0 Å². The molecule has 1 heterocycles. The minimum Gasteiger partial charge on any atom is -0.330 e. The van der Waals surface area contributed by atoms with Crippen molar-refractivity contribution in [1.82, 2.24) is 4.98 Å². The smallest absolute Gasteiger partial charge is 0.0416 e. The van der Waals surface area contributed by atoms with E-state index in [9.17, 15) is 0 Å². The maximum absolute atomic E-state index is 5.35. The van der Waals surface area contributed by atoms with Crippen molar-refractivity contribution < 1.29 is 0 Å². The Labute approximate surface area is 102 Å². The van der Waals surface area contributed by atoms with Crippen LogP contribution in [0, 0.1) is 0 Å². The second-order valence-electron chi connectivity index (χ2n) is 3.55. The Morgan fingerprint density at radius 2 is 1.59 bits per heavy atom. The minimum atomic E-state index is 0.640. The van der Waals surface area contributed by atoms with Gasteiger partial charge in [0.15, 0.2) is 0 Å². The summed E-state index contributed by atoms with van der Waals surface area (Å²) in [4.78, 5) is 4.09. The molecule has 1 aromatic carbocycles. The van der Waals surface area contributed by atoms with Gasteiger partial charge in [0, 0.05) is 24.9 Å². The van der Waals surface area contributed by atoms with Crippen LogP contribution < -0.4 is 11.5 Å². The number of hydrogen-bond acceptors (Lipinski definition) is 3. The van der Waals surface area contributed by atoms with Crippen LogP contribution in [0.3, 0.4) is 0 Å². The van der Waals surface area contributed by atoms with Crippen molar-refractivity contribution in [2.45, 2.75) is 13.0 Å². The van der Waals surface area contributed by atoms with Gasteiger partial charge in [-0.05, 0) is 24.2 Å². The van der Waals surface area contributed by atoms with E-state index < -0.39 is 0 Å². The fraction of sp³-hybridized carbons (Fsp3) is 0.214. The number of nitrogens with zero attached hydrogens (tertiary/aromatic N) is 1. The Morgan fingerprint density at radius 1 is 0.882 bits per heavy atom. The summed E-state index contributed by atoms with van der Waals surface area (Å²) in [6.07, 6.45) is 2.66. The van der Waals surface area contributed by atoms with Crippen molar-refractivity contribution in [2.75, 3.05) is 6.54 Å².